The molecule has 0 fully saturated rings. The second-order valence-corrected chi connectivity index (χ2v) is 6.92. The fourth-order valence-corrected chi connectivity index (χ4v) is 2.68. The highest BCUT2D eigenvalue weighted by Crippen LogP contribution is 2.19. The Balaban J connectivity index is 2.30. The van der Waals surface area contributed by atoms with Crippen molar-refractivity contribution < 1.29 is 13.9 Å². The van der Waals surface area contributed by atoms with Crippen LogP contribution >= 0.6 is 22.6 Å². The second-order valence-electron chi connectivity index (χ2n) is 6.15. The van der Waals surface area contributed by atoms with Gasteiger partial charge in [-0.25, -0.2) is 14.6 Å². The molecule has 1 aromatic carbocycles. The number of benzene rings is 1. The quantitative estimate of drug-likeness (QED) is 0.593. The normalized spacial score (nSPS) is 12.9. The van der Waals surface area contributed by atoms with Gasteiger partial charge < -0.3 is 14.5 Å². The van der Waals surface area contributed by atoms with Crippen molar-refractivity contribution in [2.45, 2.75) is 43.8 Å². The van der Waals surface area contributed by atoms with Gasteiger partial charge in [0.1, 0.15) is 11.6 Å². The average Bonchev–Trinajstić information content (AvgIpc) is 2.44. The molecule has 0 spiro atoms. The number of amides is 1. The molecule has 0 aliphatic heterocycles. The highest BCUT2D eigenvalue weighted by molar-refractivity contribution is 14.1. The van der Waals surface area contributed by atoms with Gasteiger partial charge in [0.15, 0.2) is 0 Å². The third kappa shape index (κ3) is 4.43. The molecule has 0 saturated carbocycles. The first-order valence-corrected chi connectivity index (χ1v) is 8.72. The van der Waals surface area contributed by atoms with Crippen LogP contribution < -0.4 is 10.9 Å². The minimum absolute atomic E-state index is 0.152. The number of alkyl halides is 1. The summed E-state index contributed by atoms with van der Waals surface area (Å²) >= 11 is 2.19. The van der Waals surface area contributed by atoms with Gasteiger partial charge in [-0.15, -0.1) is 0 Å². The number of nitrogens with one attached hydrogen (secondary N) is 1. The van der Waals surface area contributed by atoms with Crippen LogP contribution in [0.5, 0.6) is 0 Å². The summed E-state index contributed by atoms with van der Waals surface area (Å²) in [5, 5.41) is 3.10. The van der Waals surface area contributed by atoms with Crippen molar-refractivity contribution in [3.05, 3.63) is 40.1 Å². The summed E-state index contributed by atoms with van der Waals surface area (Å²) in [4.78, 5) is 28.4. The number of carbonyl (C=O) groups is 1. The summed E-state index contributed by atoms with van der Waals surface area (Å²) in [6.07, 6.45) is -0.587. The summed E-state index contributed by atoms with van der Waals surface area (Å²) in [5.74, 6) is 0.152. The minimum Gasteiger partial charge on any atom is -0.444 e. The van der Waals surface area contributed by atoms with E-state index in [4.69, 9.17) is 9.15 Å². The zero-order valence-electron chi connectivity index (χ0n) is 13.5. The van der Waals surface area contributed by atoms with E-state index in [1.54, 1.807) is 33.8 Å². The Kier molecular flexibility index (Phi) is 5.28. The first-order chi connectivity index (χ1) is 10.7. The van der Waals surface area contributed by atoms with E-state index < -0.39 is 23.4 Å². The number of ether oxygens (including phenoxy) is 1. The SMILES string of the molecule is C[C@H](NC(=O)OC(C)(C)C)c1nc2cccc(CI)c2c(=O)o1. The van der Waals surface area contributed by atoms with Gasteiger partial charge in [-0.05, 0) is 39.3 Å². The van der Waals surface area contributed by atoms with Gasteiger partial charge in [-0.1, -0.05) is 34.7 Å². The third-order valence-electron chi connectivity index (χ3n) is 3.01. The van der Waals surface area contributed by atoms with Crippen molar-refractivity contribution in [1.29, 1.82) is 0 Å². The predicted molar refractivity (Wildman–Crippen MR) is 95.8 cm³/mol. The smallest absolute Gasteiger partial charge is 0.408 e. The summed E-state index contributed by atoms with van der Waals surface area (Å²) < 4.78 is 11.2. The zero-order chi connectivity index (χ0) is 17.2. The van der Waals surface area contributed by atoms with E-state index in [-0.39, 0.29) is 5.89 Å². The van der Waals surface area contributed by atoms with Gasteiger partial charge in [0.05, 0.1) is 10.9 Å². The number of carbonyl (C=O) groups excluding carboxylic acids is 1. The molecule has 0 aliphatic rings. The third-order valence-corrected chi connectivity index (χ3v) is 3.83. The molecule has 124 valence electrons. The van der Waals surface area contributed by atoms with Crippen molar-refractivity contribution in [3.8, 4) is 0 Å². The molecule has 0 saturated heterocycles. The summed E-state index contributed by atoms with van der Waals surface area (Å²) in [5.41, 5.74) is 0.387. The lowest BCUT2D eigenvalue weighted by atomic mass is 10.1. The Morgan fingerprint density at radius 2 is 2.13 bits per heavy atom. The van der Waals surface area contributed by atoms with E-state index in [1.807, 2.05) is 12.1 Å². The molecule has 0 bridgehead atoms. The van der Waals surface area contributed by atoms with Crippen molar-refractivity contribution in [2.75, 3.05) is 0 Å². The maximum atomic E-state index is 12.2. The number of halogens is 1. The Morgan fingerprint density at radius 1 is 1.43 bits per heavy atom. The van der Waals surface area contributed by atoms with E-state index in [0.29, 0.717) is 15.3 Å². The molecule has 2 rings (SSSR count). The maximum absolute atomic E-state index is 12.2. The first kappa shape index (κ1) is 17.7. The summed E-state index contributed by atoms with van der Waals surface area (Å²) in [6, 6.07) is 4.89. The minimum atomic E-state index is -0.601. The lowest BCUT2D eigenvalue weighted by Gasteiger charge is -2.21. The molecule has 1 atom stereocenters. The topological polar surface area (TPSA) is 81.4 Å². The standard InChI is InChI=1S/C16H19IN2O4/c1-9(18-15(21)23-16(2,3)4)13-19-11-7-5-6-10(8-17)12(11)14(20)22-13/h5-7,9H,8H2,1-4H3,(H,18,21)/t9-/m0/s1. The summed E-state index contributed by atoms with van der Waals surface area (Å²) in [6.45, 7) is 7.01. The molecule has 1 amide bonds. The van der Waals surface area contributed by atoms with Gasteiger partial charge in [0, 0.05) is 4.43 Å². The van der Waals surface area contributed by atoms with E-state index >= 15 is 0 Å². The molecule has 0 aliphatic carbocycles. The van der Waals surface area contributed by atoms with Crippen molar-refractivity contribution in [1.82, 2.24) is 10.3 Å². The number of nitrogens with zero attached hydrogens (tertiary/aromatic N) is 1. The van der Waals surface area contributed by atoms with Crippen LogP contribution in [-0.2, 0) is 9.16 Å². The average molecular weight is 430 g/mol. The molecule has 7 heteroatoms. The number of aromatic nitrogens is 1. The van der Waals surface area contributed by atoms with E-state index in [9.17, 15) is 9.59 Å². The molecule has 23 heavy (non-hydrogen) atoms. The molecule has 1 aromatic heterocycles. The van der Waals surface area contributed by atoms with Crippen LogP contribution in [0.15, 0.2) is 27.4 Å². The van der Waals surface area contributed by atoms with Crippen LogP contribution in [0.4, 0.5) is 4.79 Å². The van der Waals surface area contributed by atoms with Gasteiger partial charge in [-0.2, -0.15) is 0 Å². The lowest BCUT2D eigenvalue weighted by molar-refractivity contribution is 0.0499. The number of rotatable bonds is 3. The second kappa shape index (κ2) is 6.86. The van der Waals surface area contributed by atoms with Crippen LogP contribution in [0, 0.1) is 0 Å². The van der Waals surface area contributed by atoms with E-state index in [1.165, 1.54) is 0 Å². The van der Waals surface area contributed by atoms with Crippen LogP contribution in [0.1, 0.15) is 45.2 Å². The molecule has 1 heterocycles. The number of hydrogen-bond donors (Lipinski definition) is 1. The zero-order valence-corrected chi connectivity index (χ0v) is 15.6. The fourth-order valence-electron chi connectivity index (χ4n) is 2.05. The Bertz CT molecular complexity index is 780. The van der Waals surface area contributed by atoms with Crippen LogP contribution in [0.2, 0.25) is 0 Å². The van der Waals surface area contributed by atoms with Gasteiger partial charge in [-0.3, -0.25) is 0 Å². The van der Waals surface area contributed by atoms with Crippen molar-refractivity contribution in [3.63, 3.8) is 0 Å². The monoisotopic (exact) mass is 430 g/mol. The highest BCUT2D eigenvalue weighted by Gasteiger charge is 2.21. The molecule has 0 unspecified atom stereocenters. The van der Waals surface area contributed by atoms with Crippen molar-refractivity contribution in [2.24, 2.45) is 0 Å². The Morgan fingerprint density at radius 3 is 2.74 bits per heavy atom. The molecule has 6 nitrogen and oxygen atoms in total. The highest BCUT2D eigenvalue weighted by atomic mass is 127. The Labute approximate surface area is 147 Å². The molecule has 2 aromatic rings. The van der Waals surface area contributed by atoms with Gasteiger partial charge in [0.25, 0.3) is 0 Å². The van der Waals surface area contributed by atoms with Crippen LogP contribution in [-0.4, -0.2) is 16.7 Å². The van der Waals surface area contributed by atoms with Crippen molar-refractivity contribution >= 4 is 39.6 Å². The maximum Gasteiger partial charge on any atom is 0.408 e. The molecular formula is C16H19IN2O4. The first-order valence-electron chi connectivity index (χ1n) is 7.19. The molecular weight excluding hydrogens is 411 g/mol. The van der Waals surface area contributed by atoms with Crippen LogP contribution in [0.3, 0.4) is 0 Å². The molecule has 0 radical (unpaired) electrons. The number of alkyl carbamates (subject to hydrolysis) is 1. The largest absolute Gasteiger partial charge is 0.444 e. The lowest BCUT2D eigenvalue weighted by Crippen LogP contribution is -2.34. The number of hydrogen-bond acceptors (Lipinski definition) is 5. The van der Waals surface area contributed by atoms with Crippen LogP contribution in [0.25, 0.3) is 10.9 Å². The molecule has 1 N–H and O–H groups in total. The van der Waals surface area contributed by atoms with E-state index in [0.717, 1.165) is 5.56 Å². The van der Waals surface area contributed by atoms with Gasteiger partial charge in [0.2, 0.25) is 5.89 Å². The Hall–Kier alpha value is -1.64. The number of fused-ring (bicyclic) bond motifs is 1. The predicted octanol–water partition coefficient (Wildman–Crippen LogP) is 3.71. The summed E-state index contributed by atoms with van der Waals surface area (Å²) in [7, 11) is 0. The van der Waals surface area contributed by atoms with Gasteiger partial charge >= 0.3 is 11.7 Å². The van der Waals surface area contributed by atoms with E-state index in [2.05, 4.69) is 32.9 Å². The fraction of sp³-hybridized carbons (Fsp3) is 0.438.